The molecule has 0 saturated heterocycles. The fraction of sp³-hybridized carbons (Fsp3) is 0.118. The maximum absolute atomic E-state index is 5.43. The van der Waals surface area contributed by atoms with Gasteiger partial charge in [-0.25, -0.2) is 0 Å². The van der Waals surface area contributed by atoms with Gasteiger partial charge in [-0.2, -0.15) is 0 Å². The topological polar surface area (TPSA) is 24.5 Å². The summed E-state index contributed by atoms with van der Waals surface area (Å²) in [6.45, 7) is 0. The Morgan fingerprint density at radius 2 is 2.00 bits per heavy atom. The minimum absolute atomic E-state index is 0.695. The minimum atomic E-state index is 0.695. The van der Waals surface area contributed by atoms with Gasteiger partial charge in [-0.1, -0.05) is 42.2 Å². The Balaban J connectivity index is 1.77. The monoisotopic (exact) mass is 328 g/mol. The van der Waals surface area contributed by atoms with Crippen LogP contribution in [0, 0.1) is 0 Å². The summed E-state index contributed by atoms with van der Waals surface area (Å²) < 4.78 is 5.28. The first-order valence-electron chi connectivity index (χ1n) is 6.85. The van der Waals surface area contributed by atoms with Crippen molar-refractivity contribution < 1.29 is 4.74 Å². The third kappa shape index (κ3) is 3.10. The number of thiocarbonyl (C=S) groups is 1. The predicted molar refractivity (Wildman–Crippen MR) is 98.0 cm³/mol. The average Bonchev–Trinajstić information content (AvgIpc) is 2.83. The van der Waals surface area contributed by atoms with E-state index in [1.807, 2.05) is 55.6 Å². The SMILES string of the molecule is COc1ccc2c(c1)SC(=CC(=S)Nc1ccccc1)N2C. The summed E-state index contributed by atoms with van der Waals surface area (Å²) in [5.41, 5.74) is 2.16. The number of benzene rings is 2. The van der Waals surface area contributed by atoms with Gasteiger partial charge >= 0.3 is 0 Å². The number of fused-ring (bicyclic) bond motifs is 1. The van der Waals surface area contributed by atoms with Gasteiger partial charge in [0, 0.05) is 23.7 Å². The summed E-state index contributed by atoms with van der Waals surface area (Å²) in [5.74, 6) is 0.867. The standard InChI is InChI=1S/C17H16N2OS2/c1-19-14-9-8-13(20-2)10-15(14)22-17(19)11-16(21)18-12-6-4-3-5-7-12/h3-11H,1-2H3,(H,18,21). The molecule has 2 aromatic rings. The van der Waals surface area contributed by atoms with Crippen molar-refractivity contribution in [2.75, 3.05) is 24.4 Å². The van der Waals surface area contributed by atoms with Gasteiger partial charge < -0.3 is 15.0 Å². The van der Waals surface area contributed by atoms with Crippen molar-refractivity contribution in [1.82, 2.24) is 0 Å². The van der Waals surface area contributed by atoms with E-state index >= 15 is 0 Å². The van der Waals surface area contributed by atoms with Gasteiger partial charge in [-0.05, 0) is 30.3 Å². The molecule has 0 saturated carbocycles. The summed E-state index contributed by atoms with van der Waals surface area (Å²) >= 11 is 7.13. The quantitative estimate of drug-likeness (QED) is 0.660. The van der Waals surface area contributed by atoms with Crippen molar-refractivity contribution in [3.05, 3.63) is 59.6 Å². The van der Waals surface area contributed by atoms with Crippen molar-refractivity contribution >= 4 is 40.3 Å². The van der Waals surface area contributed by atoms with E-state index in [0.29, 0.717) is 4.99 Å². The maximum atomic E-state index is 5.43. The van der Waals surface area contributed by atoms with E-state index in [1.54, 1.807) is 18.9 Å². The number of hydrogen-bond donors (Lipinski definition) is 1. The first-order chi connectivity index (χ1) is 10.7. The average molecular weight is 328 g/mol. The second-order valence-electron chi connectivity index (χ2n) is 4.83. The molecule has 3 nitrogen and oxygen atoms in total. The zero-order valence-corrected chi connectivity index (χ0v) is 14.0. The molecule has 5 heteroatoms. The first kappa shape index (κ1) is 14.9. The molecular formula is C17H16N2OS2. The lowest BCUT2D eigenvalue weighted by Gasteiger charge is -2.14. The Morgan fingerprint density at radius 1 is 1.23 bits per heavy atom. The third-order valence-corrected chi connectivity index (χ3v) is 4.74. The van der Waals surface area contributed by atoms with Crippen LogP contribution in [0.5, 0.6) is 5.75 Å². The van der Waals surface area contributed by atoms with Gasteiger partial charge in [0.1, 0.15) is 10.7 Å². The molecule has 0 amide bonds. The Morgan fingerprint density at radius 3 is 2.73 bits per heavy atom. The molecule has 22 heavy (non-hydrogen) atoms. The van der Waals surface area contributed by atoms with E-state index < -0.39 is 0 Å². The maximum Gasteiger partial charge on any atom is 0.120 e. The fourth-order valence-corrected chi connectivity index (χ4v) is 3.64. The lowest BCUT2D eigenvalue weighted by atomic mass is 10.3. The highest BCUT2D eigenvalue weighted by atomic mass is 32.2. The molecule has 0 radical (unpaired) electrons. The molecule has 2 aromatic carbocycles. The van der Waals surface area contributed by atoms with Crippen molar-refractivity contribution in [3.8, 4) is 5.75 Å². The van der Waals surface area contributed by atoms with Crippen molar-refractivity contribution in [2.24, 2.45) is 0 Å². The van der Waals surface area contributed by atoms with Gasteiger partial charge in [-0.15, -0.1) is 0 Å². The molecule has 0 unspecified atom stereocenters. The summed E-state index contributed by atoms with van der Waals surface area (Å²) in [5, 5.41) is 4.32. The number of hydrogen-bond acceptors (Lipinski definition) is 4. The third-order valence-electron chi connectivity index (χ3n) is 3.37. The number of rotatable bonds is 3. The lowest BCUT2D eigenvalue weighted by Crippen LogP contribution is -2.13. The molecule has 1 heterocycles. The normalized spacial score (nSPS) is 14.8. The smallest absolute Gasteiger partial charge is 0.120 e. The van der Waals surface area contributed by atoms with Crippen LogP contribution in [0.15, 0.2) is 64.5 Å². The van der Waals surface area contributed by atoms with Gasteiger partial charge in [0.25, 0.3) is 0 Å². The van der Waals surface area contributed by atoms with E-state index in [2.05, 4.69) is 16.3 Å². The van der Waals surface area contributed by atoms with Crippen LogP contribution in [0.4, 0.5) is 11.4 Å². The molecular weight excluding hydrogens is 312 g/mol. The molecule has 0 atom stereocenters. The van der Waals surface area contributed by atoms with Crippen molar-refractivity contribution in [3.63, 3.8) is 0 Å². The van der Waals surface area contributed by atoms with Crippen molar-refractivity contribution in [2.45, 2.75) is 4.90 Å². The van der Waals surface area contributed by atoms with E-state index in [4.69, 9.17) is 17.0 Å². The molecule has 1 N–H and O–H groups in total. The highest BCUT2D eigenvalue weighted by molar-refractivity contribution is 8.03. The fourth-order valence-electron chi connectivity index (χ4n) is 2.22. The van der Waals surface area contributed by atoms with Crippen LogP contribution in [-0.4, -0.2) is 19.1 Å². The molecule has 0 fully saturated rings. The van der Waals surface area contributed by atoms with E-state index in [-0.39, 0.29) is 0 Å². The zero-order valence-electron chi connectivity index (χ0n) is 12.4. The number of anilines is 2. The molecule has 112 valence electrons. The lowest BCUT2D eigenvalue weighted by molar-refractivity contribution is 0.414. The Hall–Kier alpha value is -1.98. The molecule has 0 spiro atoms. The molecule has 0 bridgehead atoms. The summed E-state index contributed by atoms with van der Waals surface area (Å²) in [6, 6.07) is 16.0. The Labute approximate surface area is 140 Å². The largest absolute Gasteiger partial charge is 0.497 e. The summed E-state index contributed by atoms with van der Waals surface area (Å²) in [4.78, 5) is 4.01. The Kier molecular flexibility index (Phi) is 4.36. The number of ether oxygens (including phenoxy) is 1. The van der Waals surface area contributed by atoms with E-state index in [1.165, 1.54) is 10.6 Å². The van der Waals surface area contributed by atoms with Crippen LogP contribution in [-0.2, 0) is 0 Å². The van der Waals surface area contributed by atoms with E-state index in [9.17, 15) is 0 Å². The molecule has 1 aliphatic rings. The number of nitrogens with one attached hydrogen (secondary N) is 1. The number of thioether (sulfide) groups is 1. The molecule has 0 aliphatic carbocycles. The van der Waals surface area contributed by atoms with Crippen LogP contribution in [0.2, 0.25) is 0 Å². The van der Waals surface area contributed by atoms with Gasteiger partial charge in [-0.3, -0.25) is 0 Å². The number of para-hydroxylation sites is 1. The van der Waals surface area contributed by atoms with Crippen LogP contribution in [0.3, 0.4) is 0 Å². The van der Waals surface area contributed by atoms with Gasteiger partial charge in [0.05, 0.1) is 17.8 Å². The second kappa shape index (κ2) is 6.42. The number of nitrogens with zero attached hydrogens (tertiary/aromatic N) is 1. The van der Waals surface area contributed by atoms with E-state index in [0.717, 1.165) is 16.5 Å². The van der Waals surface area contributed by atoms with Crippen molar-refractivity contribution in [1.29, 1.82) is 0 Å². The molecule has 1 aliphatic heterocycles. The molecule has 3 rings (SSSR count). The van der Waals surface area contributed by atoms with Gasteiger partial charge in [0.2, 0.25) is 0 Å². The van der Waals surface area contributed by atoms with Gasteiger partial charge in [0.15, 0.2) is 0 Å². The summed E-state index contributed by atoms with van der Waals surface area (Å²) in [7, 11) is 3.73. The Bertz CT molecular complexity index is 729. The van der Waals surface area contributed by atoms with Crippen LogP contribution in [0.1, 0.15) is 0 Å². The second-order valence-corrected chi connectivity index (χ2v) is 6.33. The first-order valence-corrected chi connectivity index (χ1v) is 8.07. The minimum Gasteiger partial charge on any atom is -0.497 e. The highest BCUT2D eigenvalue weighted by Gasteiger charge is 2.22. The highest BCUT2D eigenvalue weighted by Crippen LogP contribution is 2.46. The number of methoxy groups -OCH3 is 1. The predicted octanol–water partition coefficient (Wildman–Crippen LogP) is 4.52. The zero-order chi connectivity index (χ0) is 15.5. The van der Waals surface area contributed by atoms with Crippen LogP contribution < -0.4 is 15.0 Å². The van der Waals surface area contributed by atoms with Crippen LogP contribution >= 0.6 is 24.0 Å². The summed E-state index contributed by atoms with van der Waals surface area (Å²) in [6.07, 6.45) is 1.99. The van der Waals surface area contributed by atoms with Crippen LogP contribution in [0.25, 0.3) is 0 Å². The molecule has 0 aromatic heterocycles.